The molecule has 3 N–H and O–H groups in total. The van der Waals surface area contributed by atoms with Crippen LogP contribution in [0.15, 0.2) is 71.6 Å². The Balaban J connectivity index is 1.75. The van der Waals surface area contributed by atoms with Gasteiger partial charge >= 0.3 is 0 Å². The molecule has 7 nitrogen and oxygen atoms in total. The van der Waals surface area contributed by atoms with E-state index in [2.05, 4.69) is 16.0 Å². The first-order valence-corrected chi connectivity index (χ1v) is 13.4. The lowest BCUT2D eigenvalue weighted by atomic mass is 10.1. The van der Waals surface area contributed by atoms with E-state index in [1.54, 1.807) is 24.3 Å². The van der Waals surface area contributed by atoms with E-state index < -0.39 is 27.6 Å². The number of carbonyl (C=O) groups excluding carboxylic acids is 2. The third kappa shape index (κ3) is 7.95. The molecule has 1 unspecified atom stereocenters. The number of rotatable bonds is 9. The van der Waals surface area contributed by atoms with Crippen LogP contribution in [0.4, 0.5) is 11.4 Å². The average Bonchev–Trinajstić information content (AvgIpc) is 2.79. The largest absolute Gasteiger partial charge is 0.325 e. The zero-order valence-corrected chi connectivity index (χ0v) is 21.6. The predicted octanol–water partition coefficient (Wildman–Crippen LogP) is 5.03. The minimum Gasteiger partial charge on any atom is -0.325 e. The topological polar surface area (TPSA) is 104 Å². The lowest BCUT2D eigenvalue weighted by molar-refractivity contribution is -0.129. The maximum Gasteiger partial charge on any atom is 0.238 e. The van der Waals surface area contributed by atoms with Crippen LogP contribution in [0.5, 0.6) is 0 Å². The second-order valence-electron chi connectivity index (χ2n) is 7.71. The third-order valence-electron chi connectivity index (χ3n) is 4.96. The van der Waals surface area contributed by atoms with Crippen molar-refractivity contribution in [2.45, 2.75) is 11.4 Å². The summed E-state index contributed by atoms with van der Waals surface area (Å²) in [5.74, 6) is -2.30. The fourth-order valence-corrected chi connectivity index (χ4v) is 4.31. The lowest BCUT2D eigenvalue weighted by Crippen LogP contribution is -2.40. The van der Waals surface area contributed by atoms with Crippen LogP contribution in [-0.2, 0) is 26.0 Å². The van der Waals surface area contributed by atoms with Gasteiger partial charge in [-0.2, -0.15) is 0 Å². The zero-order valence-electron chi connectivity index (χ0n) is 18.5. The maximum atomic E-state index is 13.1. The minimum atomic E-state index is -3.38. The van der Waals surface area contributed by atoms with Gasteiger partial charge in [0.2, 0.25) is 11.8 Å². The van der Waals surface area contributed by atoms with Crippen molar-refractivity contribution < 1.29 is 18.0 Å². The molecule has 3 aromatic rings. The third-order valence-corrected chi connectivity index (χ3v) is 6.89. The number of benzene rings is 3. The zero-order chi connectivity index (χ0) is 25.6. The molecule has 184 valence electrons. The number of amides is 2. The molecule has 0 heterocycles. The Morgan fingerprint density at radius 3 is 2.03 bits per heavy atom. The highest BCUT2D eigenvalue weighted by Gasteiger charge is 2.27. The summed E-state index contributed by atoms with van der Waals surface area (Å²) >= 11 is 18.0. The first kappa shape index (κ1) is 27.0. The molecular formula is C24H22Cl3N3O4S. The Morgan fingerprint density at radius 1 is 0.829 bits per heavy atom. The van der Waals surface area contributed by atoms with Crippen molar-refractivity contribution >= 4 is 67.8 Å². The number of hydrogen-bond donors (Lipinski definition) is 3. The smallest absolute Gasteiger partial charge is 0.238 e. The van der Waals surface area contributed by atoms with E-state index >= 15 is 0 Å². The lowest BCUT2D eigenvalue weighted by Gasteiger charge is -2.18. The van der Waals surface area contributed by atoms with Gasteiger partial charge in [-0.3, -0.25) is 9.59 Å². The summed E-state index contributed by atoms with van der Waals surface area (Å²) in [5.41, 5.74) is 1.59. The fraction of sp³-hybridized carbons (Fsp3) is 0.167. The molecule has 0 aliphatic carbocycles. The maximum absolute atomic E-state index is 13.1. The summed E-state index contributed by atoms with van der Waals surface area (Å²) in [6.07, 6.45) is 1.09. The second-order valence-corrected chi connectivity index (χ2v) is 11.0. The quantitative estimate of drug-likeness (QED) is 0.322. The van der Waals surface area contributed by atoms with Gasteiger partial charge in [0.15, 0.2) is 9.84 Å². The van der Waals surface area contributed by atoms with Gasteiger partial charge in [-0.1, -0.05) is 46.9 Å². The number of hydrogen-bond acceptors (Lipinski definition) is 5. The summed E-state index contributed by atoms with van der Waals surface area (Å²) in [5, 5.41) is 9.68. The molecule has 0 bridgehead atoms. The molecule has 0 fully saturated rings. The highest BCUT2D eigenvalue weighted by molar-refractivity contribution is 7.90. The van der Waals surface area contributed by atoms with Crippen molar-refractivity contribution in [3.05, 3.63) is 87.4 Å². The van der Waals surface area contributed by atoms with Gasteiger partial charge in [0.05, 0.1) is 15.6 Å². The first-order valence-electron chi connectivity index (χ1n) is 10.3. The Bertz CT molecular complexity index is 1310. The fourth-order valence-electron chi connectivity index (χ4n) is 3.09. The van der Waals surface area contributed by atoms with Gasteiger partial charge in [0.25, 0.3) is 0 Å². The van der Waals surface area contributed by atoms with E-state index in [9.17, 15) is 18.0 Å². The Morgan fingerprint density at radius 2 is 1.43 bits per heavy atom. The minimum absolute atomic E-state index is 0.0208. The van der Waals surface area contributed by atoms with E-state index in [0.29, 0.717) is 28.0 Å². The van der Waals surface area contributed by atoms with Crippen molar-refractivity contribution in [1.29, 1.82) is 0 Å². The number of carbonyl (C=O) groups is 2. The monoisotopic (exact) mass is 553 g/mol. The second kappa shape index (κ2) is 11.9. The summed E-state index contributed by atoms with van der Waals surface area (Å²) < 4.78 is 23.3. The summed E-state index contributed by atoms with van der Waals surface area (Å²) in [6, 6.07) is 17.4. The van der Waals surface area contributed by atoms with Gasteiger partial charge in [-0.15, -0.1) is 0 Å². The number of sulfone groups is 1. The molecule has 11 heteroatoms. The van der Waals surface area contributed by atoms with Gasteiger partial charge < -0.3 is 16.0 Å². The summed E-state index contributed by atoms with van der Waals surface area (Å²) in [4.78, 5) is 26.2. The standard InChI is InChI=1S/C24H22Cl3N3O4S/c1-35(33,34)19-9-7-18(8-10-19)29-23(31)20(14-28-13-15-2-4-16(25)5-3-15)24(32)30-22-11-6-17(26)12-21(22)27/h2-12,20,28H,13-14H2,1H3,(H,29,31)(H,30,32). The van der Waals surface area contributed by atoms with Gasteiger partial charge in [-0.25, -0.2) is 8.42 Å². The molecule has 0 saturated carbocycles. The molecule has 0 spiro atoms. The van der Waals surface area contributed by atoms with Crippen molar-refractivity contribution in [2.24, 2.45) is 5.92 Å². The molecule has 0 aliphatic heterocycles. The molecule has 35 heavy (non-hydrogen) atoms. The van der Waals surface area contributed by atoms with Crippen LogP contribution in [0.2, 0.25) is 15.1 Å². The average molecular weight is 555 g/mol. The molecular weight excluding hydrogens is 533 g/mol. The van der Waals surface area contributed by atoms with Crippen LogP contribution in [-0.4, -0.2) is 33.0 Å². The number of anilines is 2. The molecule has 0 aromatic heterocycles. The molecule has 1 atom stereocenters. The van der Waals surface area contributed by atoms with E-state index in [-0.39, 0.29) is 16.5 Å². The summed E-state index contributed by atoms with van der Waals surface area (Å²) in [6.45, 7) is 0.423. The van der Waals surface area contributed by atoms with Gasteiger partial charge in [0, 0.05) is 35.1 Å². The molecule has 3 rings (SSSR count). The van der Waals surface area contributed by atoms with Crippen molar-refractivity contribution in [2.75, 3.05) is 23.4 Å². The summed E-state index contributed by atoms with van der Waals surface area (Å²) in [7, 11) is -3.38. The number of halogens is 3. The van der Waals surface area contributed by atoms with E-state index in [1.807, 2.05) is 12.1 Å². The predicted molar refractivity (Wildman–Crippen MR) is 140 cm³/mol. The van der Waals surface area contributed by atoms with Crippen LogP contribution in [0.1, 0.15) is 5.56 Å². The van der Waals surface area contributed by atoms with E-state index in [1.165, 1.54) is 30.3 Å². The van der Waals surface area contributed by atoms with Crippen molar-refractivity contribution in [3.63, 3.8) is 0 Å². The Kier molecular flexibility index (Phi) is 9.15. The highest BCUT2D eigenvalue weighted by Crippen LogP contribution is 2.26. The SMILES string of the molecule is CS(=O)(=O)c1ccc(NC(=O)C(CNCc2ccc(Cl)cc2)C(=O)Nc2ccc(Cl)cc2Cl)cc1. The van der Waals surface area contributed by atoms with Gasteiger partial charge in [-0.05, 0) is 60.2 Å². The Labute approximate surface area is 218 Å². The van der Waals surface area contributed by atoms with Crippen LogP contribution < -0.4 is 16.0 Å². The van der Waals surface area contributed by atoms with E-state index in [4.69, 9.17) is 34.8 Å². The molecule has 0 radical (unpaired) electrons. The Hall–Kier alpha value is -2.62. The van der Waals surface area contributed by atoms with Crippen molar-refractivity contribution in [1.82, 2.24) is 5.32 Å². The van der Waals surface area contributed by atoms with E-state index in [0.717, 1.165) is 11.8 Å². The van der Waals surface area contributed by atoms with Crippen LogP contribution >= 0.6 is 34.8 Å². The van der Waals surface area contributed by atoms with Crippen LogP contribution in [0, 0.1) is 5.92 Å². The first-order chi connectivity index (χ1) is 16.5. The molecule has 2 amide bonds. The van der Waals surface area contributed by atoms with Gasteiger partial charge in [0.1, 0.15) is 5.92 Å². The van der Waals surface area contributed by atoms with Crippen LogP contribution in [0.3, 0.4) is 0 Å². The number of nitrogens with one attached hydrogen (secondary N) is 3. The van der Waals surface area contributed by atoms with Crippen LogP contribution in [0.25, 0.3) is 0 Å². The molecule has 0 saturated heterocycles. The molecule has 0 aliphatic rings. The molecule has 3 aromatic carbocycles. The highest BCUT2D eigenvalue weighted by atomic mass is 35.5. The normalized spacial score (nSPS) is 12.1. The van der Waals surface area contributed by atoms with Crippen molar-refractivity contribution in [3.8, 4) is 0 Å².